The molecule has 30 heavy (non-hydrogen) atoms. The summed E-state index contributed by atoms with van der Waals surface area (Å²) in [6.45, 7) is 9.14. The third-order valence-corrected chi connectivity index (χ3v) is 6.59. The number of benzene rings is 1. The van der Waals surface area contributed by atoms with Crippen molar-refractivity contribution in [2.75, 3.05) is 31.1 Å². The fraction of sp³-hybridized carbons (Fsp3) is 0.348. The van der Waals surface area contributed by atoms with Gasteiger partial charge in [0.1, 0.15) is 11.6 Å². The first-order valence-corrected chi connectivity index (χ1v) is 11.4. The van der Waals surface area contributed by atoms with Gasteiger partial charge in [-0.25, -0.2) is 9.97 Å². The second kappa shape index (κ2) is 8.74. The molecule has 1 saturated heterocycles. The van der Waals surface area contributed by atoms with Crippen LogP contribution in [0.25, 0.3) is 10.4 Å². The van der Waals surface area contributed by atoms with Gasteiger partial charge in [-0.05, 0) is 36.8 Å². The van der Waals surface area contributed by atoms with Crippen LogP contribution in [-0.2, 0) is 0 Å². The Labute approximate surface area is 186 Å². The van der Waals surface area contributed by atoms with Crippen molar-refractivity contribution in [3.63, 3.8) is 0 Å². The third-order valence-electron chi connectivity index (χ3n) is 5.21. The molecule has 1 aromatic carbocycles. The summed E-state index contributed by atoms with van der Waals surface area (Å²) in [7, 11) is 0. The molecule has 0 N–H and O–H groups in total. The molecule has 1 fully saturated rings. The Kier molecular flexibility index (Phi) is 6.06. The molecule has 0 bridgehead atoms. The highest BCUT2D eigenvalue weighted by Crippen LogP contribution is 2.30. The minimum absolute atomic E-state index is 0.0987. The molecule has 3 heterocycles. The van der Waals surface area contributed by atoms with Crippen molar-refractivity contribution >= 4 is 34.7 Å². The first-order chi connectivity index (χ1) is 14.4. The van der Waals surface area contributed by atoms with Gasteiger partial charge in [0.05, 0.1) is 4.88 Å². The van der Waals surface area contributed by atoms with Gasteiger partial charge < -0.3 is 9.80 Å². The average molecular weight is 441 g/mol. The standard InChI is InChI=1S/C23H25ClN4OS/c1-15(2)22-25-16(3)14-21(26-22)27-10-12-28(13-11-27)23(29)20-9-8-19(30-20)17-4-6-18(24)7-5-17/h4-9,14-15H,10-13H2,1-3H3. The molecule has 3 aromatic rings. The van der Waals surface area contributed by atoms with E-state index in [1.807, 2.05) is 54.3 Å². The van der Waals surface area contributed by atoms with Gasteiger partial charge in [0.15, 0.2) is 0 Å². The van der Waals surface area contributed by atoms with Gasteiger partial charge >= 0.3 is 0 Å². The van der Waals surface area contributed by atoms with Gasteiger partial charge in [-0.15, -0.1) is 11.3 Å². The number of thiophene rings is 1. The second-order valence-electron chi connectivity index (χ2n) is 7.83. The first kappa shape index (κ1) is 20.8. The van der Waals surface area contributed by atoms with Crippen LogP contribution in [0.15, 0.2) is 42.5 Å². The summed E-state index contributed by atoms with van der Waals surface area (Å²) >= 11 is 7.51. The van der Waals surface area contributed by atoms with Gasteiger partial charge in [0.2, 0.25) is 0 Å². The lowest BCUT2D eigenvalue weighted by Crippen LogP contribution is -2.49. The molecule has 5 nitrogen and oxygen atoms in total. The van der Waals surface area contributed by atoms with E-state index in [9.17, 15) is 4.79 Å². The van der Waals surface area contributed by atoms with Crippen LogP contribution in [-0.4, -0.2) is 47.0 Å². The number of nitrogens with zero attached hydrogens (tertiary/aromatic N) is 4. The zero-order valence-corrected chi connectivity index (χ0v) is 19.0. The Morgan fingerprint density at radius 3 is 2.40 bits per heavy atom. The van der Waals surface area contributed by atoms with E-state index in [0.717, 1.165) is 45.7 Å². The van der Waals surface area contributed by atoms with E-state index in [1.54, 1.807) is 0 Å². The van der Waals surface area contributed by atoms with Gasteiger partial charge in [-0.2, -0.15) is 0 Å². The lowest BCUT2D eigenvalue weighted by Gasteiger charge is -2.35. The highest BCUT2D eigenvalue weighted by molar-refractivity contribution is 7.17. The average Bonchev–Trinajstić information content (AvgIpc) is 3.23. The molecule has 2 aromatic heterocycles. The Morgan fingerprint density at radius 2 is 1.73 bits per heavy atom. The van der Waals surface area contributed by atoms with Crippen LogP contribution in [0.1, 0.15) is 41.0 Å². The summed E-state index contributed by atoms with van der Waals surface area (Å²) in [5.74, 6) is 2.22. The molecular weight excluding hydrogens is 416 g/mol. The number of rotatable bonds is 4. The zero-order valence-electron chi connectivity index (χ0n) is 17.4. The van der Waals surface area contributed by atoms with Gasteiger partial charge in [0, 0.05) is 53.8 Å². The number of anilines is 1. The van der Waals surface area contributed by atoms with Crippen molar-refractivity contribution in [1.82, 2.24) is 14.9 Å². The molecular formula is C23H25ClN4OS. The topological polar surface area (TPSA) is 49.3 Å². The maximum atomic E-state index is 13.0. The number of carbonyl (C=O) groups is 1. The molecule has 156 valence electrons. The van der Waals surface area contributed by atoms with E-state index in [-0.39, 0.29) is 5.91 Å². The number of carbonyl (C=O) groups excluding carboxylic acids is 1. The minimum Gasteiger partial charge on any atom is -0.353 e. The normalized spacial score (nSPS) is 14.4. The lowest BCUT2D eigenvalue weighted by molar-refractivity contribution is 0.0751. The molecule has 0 spiro atoms. The van der Waals surface area contributed by atoms with Crippen LogP contribution < -0.4 is 4.90 Å². The largest absolute Gasteiger partial charge is 0.353 e. The highest BCUT2D eigenvalue weighted by atomic mass is 35.5. The number of aryl methyl sites for hydroxylation is 1. The number of piperazine rings is 1. The number of hydrogen-bond acceptors (Lipinski definition) is 5. The quantitative estimate of drug-likeness (QED) is 0.555. The second-order valence-corrected chi connectivity index (χ2v) is 9.35. The van der Waals surface area contributed by atoms with Gasteiger partial charge in [0.25, 0.3) is 5.91 Å². The van der Waals surface area contributed by atoms with Crippen molar-refractivity contribution in [3.8, 4) is 10.4 Å². The molecule has 0 atom stereocenters. The number of halogens is 1. The molecule has 0 saturated carbocycles. The van der Waals surface area contributed by atoms with Crippen molar-refractivity contribution in [1.29, 1.82) is 0 Å². The lowest BCUT2D eigenvalue weighted by atomic mass is 10.2. The SMILES string of the molecule is Cc1cc(N2CCN(C(=O)c3ccc(-c4ccc(Cl)cc4)s3)CC2)nc(C(C)C)n1. The smallest absolute Gasteiger partial charge is 0.264 e. The van der Waals surface area contributed by atoms with Crippen molar-refractivity contribution in [2.24, 2.45) is 0 Å². The van der Waals surface area contributed by atoms with Crippen LogP contribution in [0.2, 0.25) is 5.02 Å². The van der Waals surface area contributed by atoms with Crippen LogP contribution in [0.3, 0.4) is 0 Å². The Morgan fingerprint density at radius 1 is 1.03 bits per heavy atom. The fourth-order valence-corrected chi connectivity index (χ4v) is 4.62. The van der Waals surface area contributed by atoms with Crippen LogP contribution in [0, 0.1) is 6.92 Å². The molecule has 4 rings (SSSR count). The minimum atomic E-state index is 0.0987. The van der Waals surface area contributed by atoms with Crippen molar-refractivity contribution in [2.45, 2.75) is 26.7 Å². The van der Waals surface area contributed by atoms with Crippen LogP contribution in [0.5, 0.6) is 0 Å². The molecule has 1 amide bonds. The van der Waals surface area contributed by atoms with Crippen LogP contribution >= 0.6 is 22.9 Å². The Hall–Kier alpha value is -2.44. The number of hydrogen-bond donors (Lipinski definition) is 0. The van der Waals surface area contributed by atoms with E-state index >= 15 is 0 Å². The fourth-order valence-electron chi connectivity index (χ4n) is 3.51. The third kappa shape index (κ3) is 4.50. The Balaban J connectivity index is 1.42. The Bertz CT molecular complexity index is 1040. The van der Waals surface area contributed by atoms with E-state index in [0.29, 0.717) is 24.0 Å². The van der Waals surface area contributed by atoms with Crippen molar-refractivity contribution in [3.05, 3.63) is 63.9 Å². The maximum absolute atomic E-state index is 13.0. The van der Waals surface area contributed by atoms with Gasteiger partial charge in [-0.1, -0.05) is 37.6 Å². The van der Waals surface area contributed by atoms with E-state index in [1.165, 1.54) is 11.3 Å². The number of aromatic nitrogens is 2. The molecule has 1 aliphatic heterocycles. The van der Waals surface area contributed by atoms with E-state index < -0.39 is 0 Å². The molecule has 0 unspecified atom stereocenters. The predicted octanol–water partition coefficient (Wildman–Crippen LogP) is 5.25. The summed E-state index contributed by atoms with van der Waals surface area (Å²) < 4.78 is 0. The number of amides is 1. The summed E-state index contributed by atoms with van der Waals surface area (Å²) in [6.07, 6.45) is 0. The highest BCUT2D eigenvalue weighted by Gasteiger charge is 2.24. The van der Waals surface area contributed by atoms with Crippen LogP contribution in [0.4, 0.5) is 5.82 Å². The van der Waals surface area contributed by atoms with E-state index in [4.69, 9.17) is 16.6 Å². The summed E-state index contributed by atoms with van der Waals surface area (Å²) in [4.78, 5) is 28.3. The van der Waals surface area contributed by atoms with E-state index in [2.05, 4.69) is 23.7 Å². The first-order valence-electron chi connectivity index (χ1n) is 10.2. The molecule has 1 aliphatic rings. The zero-order chi connectivity index (χ0) is 21.3. The summed E-state index contributed by atoms with van der Waals surface area (Å²) in [5.41, 5.74) is 2.06. The van der Waals surface area contributed by atoms with Crippen molar-refractivity contribution < 1.29 is 4.79 Å². The van der Waals surface area contributed by atoms with Gasteiger partial charge in [-0.3, -0.25) is 4.79 Å². The summed E-state index contributed by atoms with van der Waals surface area (Å²) in [6, 6.07) is 13.7. The molecule has 7 heteroatoms. The molecule has 0 aliphatic carbocycles. The summed E-state index contributed by atoms with van der Waals surface area (Å²) in [5, 5.41) is 0.712. The monoisotopic (exact) mass is 440 g/mol. The molecule has 0 radical (unpaired) electrons. The predicted molar refractivity (Wildman–Crippen MR) is 124 cm³/mol. The maximum Gasteiger partial charge on any atom is 0.264 e.